The van der Waals surface area contributed by atoms with E-state index in [1.807, 2.05) is 0 Å². The van der Waals surface area contributed by atoms with Crippen LogP contribution in [0.15, 0.2) is 40.9 Å². The highest BCUT2D eigenvalue weighted by molar-refractivity contribution is 9.10. The molecule has 1 unspecified atom stereocenters. The number of aliphatic hydroxyl groups is 1. The van der Waals surface area contributed by atoms with Crippen LogP contribution in [0.2, 0.25) is 0 Å². The molecule has 0 saturated carbocycles. The average Bonchev–Trinajstić information content (AvgIpc) is 2.40. The highest BCUT2D eigenvalue weighted by atomic mass is 79.9. The number of benzene rings is 2. The molecule has 1 atom stereocenters. The molecule has 0 aliphatic rings. The Kier molecular flexibility index (Phi) is 4.54. The van der Waals surface area contributed by atoms with Crippen LogP contribution in [0, 0.1) is 15.9 Å². The monoisotopic (exact) mass is 355 g/mol. The van der Waals surface area contributed by atoms with Crippen molar-refractivity contribution in [1.29, 1.82) is 0 Å². The SMILES string of the molecule is CC(O)c1ccc(Br)cc1Oc1ccc(F)cc1[N+](=O)[O-]. The number of nitro benzene ring substituents is 1. The maximum Gasteiger partial charge on any atom is 0.314 e. The molecule has 5 nitrogen and oxygen atoms in total. The molecular weight excluding hydrogens is 345 g/mol. The molecule has 2 aromatic carbocycles. The fourth-order valence-corrected chi connectivity index (χ4v) is 2.12. The van der Waals surface area contributed by atoms with Crippen molar-refractivity contribution < 1.29 is 19.2 Å². The van der Waals surface area contributed by atoms with Gasteiger partial charge in [0.05, 0.1) is 17.1 Å². The van der Waals surface area contributed by atoms with Crippen LogP contribution >= 0.6 is 15.9 Å². The largest absolute Gasteiger partial charge is 0.450 e. The summed E-state index contributed by atoms with van der Waals surface area (Å²) in [5.41, 5.74) is -0.0108. The summed E-state index contributed by atoms with van der Waals surface area (Å²) in [6, 6.07) is 7.97. The van der Waals surface area contributed by atoms with Crippen LogP contribution in [0.3, 0.4) is 0 Å². The number of hydrogen-bond donors (Lipinski definition) is 1. The van der Waals surface area contributed by atoms with Gasteiger partial charge in [-0.15, -0.1) is 0 Å². The lowest BCUT2D eigenvalue weighted by atomic mass is 10.1. The van der Waals surface area contributed by atoms with Crippen molar-refractivity contribution in [3.05, 3.63) is 62.4 Å². The van der Waals surface area contributed by atoms with Crippen LogP contribution in [-0.4, -0.2) is 10.0 Å². The molecule has 0 bridgehead atoms. The van der Waals surface area contributed by atoms with Gasteiger partial charge in [0.2, 0.25) is 5.75 Å². The minimum absolute atomic E-state index is 0.0959. The molecule has 0 spiro atoms. The van der Waals surface area contributed by atoms with Crippen LogP contribution in [0.25, 0.3) is 0 Å². The average molecular weight is 356 g/mol. The minimum atomic E-state index is -0.812. The van der Waals surface area contributed by atoms with Crippen molar-refractivity contribution in [2.45, 2.75) is 13.0 Å². The van der Waals surface area contributed by atoms with E-state index in [0.717, 1.165) is 12.1 Å². The zero-order valence-electron chi connectivity index (χ0n) is 10.9. The minimum Gasteiger partial charge on any atom is -0.450 e. The van der Waals surface area contributed by atoms with Gasteiger partial charge in [0.25, 0.3) is 0 Å². The number of ether oxygens (including phenoxy) is 1. The number of aliphatic hydroxyl groups excluding tert-OH is 1. The number of hydrogen-bond acceptors (Lipinski definition) is 4. The summed E-state index contributed by atoms with van der Waals surface area (Å²) in [5, 5.41) is 20.7. The summed E-state index contributed by atoms with van der Waals surface area (Å²) in [6.07, 6.45) is -0.812. The van der Waals surface area contributed by atoms with Gasteiger partial charge in [-0.25, -0.2) is 4.39 Å². The van der Waals surface area contributed by atoms with Crippen molar-refractivity contribution in [2.75, 3.05) is 0 Å². The van der Waals surface area contributed by atoms with E-state index in [1.54, 1.807) is 25.1 Å². The molecule has 2 aromatic rings. The van der Waals surface area contributed by atoms with Crippen LogP contribution in [0.1, 0.15) is 18.6 Å². The lowest BCUT2D eigenvalue weighted by Gasteiger charge is -2.13. The van der Waals surface area contributed by atoms with Crippen molar-refractivity contribution in [3.8, 4) is 11.5 Å². The van der Waals surface area contributed by atoms with Gasteiger partial charge >= 0.3 is 5.69 Å². The lowest BCUT2D eigenvalue weighted by molar-refractivity contribution is -0.385. The fraction of sp³-hybridized carbons (Fsp3) is 0.143. The van der Waals surface area contributed by atoms with Crippen molar-refractivity contribution in [2.24, 2.45) is 0 Å². The Morgan fingerprint density at radius 3 is 2.62 bits per heavy atom. The van der Waals surface area contributed by atoms with Gasteiger partial charge in [-0.2, -0.15) is 0 Å². The molecule has 21 heavy (non-hydrogen) atoms. The van der Waals surface area contributed by atoms with E-state index in [9.17, 15) is 19.6 Å². The summed E-state index contributed by atoms with van der Waals surface area (Å²) in [5.74, 6) is -0.561. The molecule has 1 N–H and O–H groups in total. The Labute approximate surface area is 128 Å². The highest BCUT2D eigenvalue weighted by Crippen LogP contribution is 2.36. The summed E-state index contributed by atoms with van der Waals surface area (Å²) in [6.45, 7) is 1.55. The standard InChI is InChI=1S/C14H11BrFNO4/c1-8(18)11-4-2-9(15)6-14(11)21-13-5-3-10(16)7-12(13)17(19)20/h2-8,18H,1H3. The van der Waals surface area contributed by atoms with E-state index in [1.165, 1.54) is 6.07 Å². The van der Waals surface area contributed by atoms with Gasteiger partial charge in [0.1, 0.15) is 11.6 Å². The Morgan fingerprint density at radius 1 is 1.29 bits per heavy atom. The third-order valence-corrected chi connectivity index (χ3v) is 3.26. The first-order chi connectivity index (χ1) is 9.88. The van der Waals surface area contributed by atoms with Crippen molar-refractivity contribution in [3.63, 3.8) is 0 Å². The van der Waals surface area contributed by atoms with Gasteiger partial charge in [-0.05, 0) is 31.2 Å². The predicted octanol–water partition coefficient (Wildman–Crippen LogP) is 4.34. The highest BCUT2D eigenvalue weighted by Gasteiger charge is 2.19. The maximum atomic E-state index is 13.1. The van der Waals surface area contributed by atoms with E-state index >= 15 is 0 Å². The third kappa shape index (κ3) is 3.56. The fourth-order valence-electron chi connectivity index (χ4n) is 1.78. The second-order valence-corrected chi connectivity index (χ2v) is 5.25. The van der Waals surface area contributed by atoms with Gasteiger partial charge in [0.15, 0.2) is 0 Å². The van der Waals surface area contributed by atoms with Crippen LogP contribution < -0.4 is 4.74 Å². The Balaban J connectivity index is 2.47. The van der Waals surface area contributed by atoms with Gasteiger partial charge in [0, 0.05) is 10.0 Å². The van der Waals surface area contributed by atoms with Crippen LogP contribution in [0.4, 0.5) is 10.1 Å². The lowest BCUT2D eigenvalue weighted by Crippen LogP contribution is -1.99. The predicted molar refractivity (Wildman–Crippen MR) is 77.9 cm³/mol. The zero-order chi connectivity index (χ0) is 15.6. The van der Waals surface area contributed by atoms with Gasteiger partial charge < -0.3 is 9.84 Å². The molecule has 110 valence electrons. The Bertz CT molecular complexity index is 691. The number of nitrogens with zero attached hydrogens (tertiary/aromatic N) is 1. The molecule has 0 heterocycles. The quantitative estimate of drug-likeness (QED) is 0.653. The molecule has 2 rings (SSSR count). The molecule has 0 radical (unpaired) electrons. The molecule has 0 amide bonds. The summed E-state index contributed by atoms with van der Waals surface area (Å²) >= 11 is 3.26. The molecule has 0 saturated heterocycles. The van der Waals surface area contributed by atoms with E-state index < -0.39 is 22.5 Å². The molecule has 0 fully saturated rings. The van der Waals surface area contributed by atoms with Gasteiger partial charge in [-0.3, -0.25) is 10.1 Å². The number of rotatable bonds is 4. The number of nitro groups is 1. The van der Waals surface area contributed by atoms with E-state index in [0.29, 0.717) is 10.0 Å². The summed E-state index contributed by atoms with van der Waals surface area (Å²) in [7, 11) is 0. The van der Waals surface area contributed by atoms with Crippen LogP contribution in [-0.2, 0) is 0 Å². The first-order valence-electron chi connectivity index (χ1n) is 5.98. The molecule has 7 heteroatoms. The number of halogens is 2. The summed E-state index contributed by atoms with van der Waals surface area (Å²) < 4.78 is 19.3. The smallest absolute Gasteiger partial charge is 0.314 e. The van der Waals surface area contributed by atoms with E-state index in [4.69, 9.17) is 4.74 Å². The second kappa shape index (κ2) is 6.19. The normalized spacial score (nSPS) is 12.0. The maximum absolute atomic E-state index is 13.1. The topological polar surface area (TPSA) is 72.6 Å². The first-order valence-corrected chi connectivity index (χ1v) is 6.77. The molecule has 0 aliphatic heterocycles. The molecule has 0 aromatic heterocycles. The Hall–Kier alpha value is -1.99. The van der Waals surface area contributed by atoms with E-state index in [-0.39, 0.29) is 11.5 Å². The second-order valence-electron chi connectivity index (χ2n) is 4.33. The first kappa shape index (κ1) is 15.4. The van der Waals surface area contributed by atoms with Gasteiger partial charge in [-0.1, -0.05) is 22.0 Å². The van der Waals surface area contributed by atoms with Crippen molar-refractivity contribution in [1.82, 2.24) is 0 Å². The molecule has 0 aliphatic carbocycles. The summed E-state index contributed by atoms with van der Waals surface area (Å²) in [4.78, 5) is 10.2. The van der Waals surface area contributed by atoms with Crippen molar-refractivity contribution >= 4 is 21.6 Å². The zero-order valence-corrected chi connectivity index (χ0v) is 12.5. The molecular formula is C14H11BrFNO4. The van der Waals surface area contributed by atoms with E-state index in [2.05, 4.69) is 15.9 Å². The third-order valence-electron chi connectivity index (χ3n) is 2.76. The Morgan fingerprint density at radius 2 is 2.00 bits per heavy atom. The van der Waals surface area contributed by atoms with Crippen LogP contribution in [0.5, 0.6) is 11.5 Å².